The van der Waals surface area contributed by atoms with Gasteiger partial charge in [-0.15, -0.1) is 11.8 Å². The lowest BCUT2D eigenvalue weighted by Gasteiger charge is -2.15. The summed E-state index contributed by atoms with van der Waals surface area (Å²) in [6.45, 7) is 4.37. The molecule has 2 aromatic carbocycles. The molecule has 0 radical (unpaired) electrons. The summed E-state index contributed by atoms with van der Waals surface area (Å²) in [5.41, 5.74) is 0. The number of carboxylic acid groups (broad SMARTS) is 1. The number of benzene rings is 2. The number of hydrogen-bond acceptors (Lipinski definition) is 3. The van der Waals surface area contributed by atoms with E-state index in [1.165, 1.54) is 17.1 Å². The Morgan fingerprint density at radius 1 is 1.19 bits per heavy atom. The topological polar surface area (TPSA) is 46.5 Å². The predicted octanol–water partition coefficient (Wildman–Crippen LogP) is 4.06. The van der Waals surface area contributed by atoms with E-state index in [2.05, 4.69) is 12.1 Å². The average Bonchev–Trinajstić information content (AvgIpc) is 2.46. The van der Waals surface area contributed by atoms with Crippen molar-refractivity contribution in [1.82, 2.24) is 0 Å². The number of ether oxygens (including phenoxy) is 1. The molecule has 2 aromatic rings. The van der Waals surface area contributed by atoms with Gasteiger partial charge in [0.05, 0.1) is 6.61 Å². The zero-order valence-corrected chi connectivity index (χ0v) is 13.1. The molecular formula is C17H20O3S. The Morgan fingerprint density at radius 3 is 2.57 bits per heavy atom. The number of thioether (sulfide) groups is 1. The summed E-state index contributed by atoms with van der Waals surface area (Å²) in [5, 5.41) is 11.1. The monoisotopic (exact) mass is 304 g/mol. The minimum absolute atomic E-state index is 0.119. The third kappa shape index (κ3) is 4.39. The summed E-state index contributed by atoms with van der Waals surface area (Å²) in [6, 6.07) is 14.1. The van der Waals surface area contributed by atoms with Crippen LogP contribution in [0.4, 0.5) is 0 Å². The van der Waals surface area contributed by atoms with Gasteiger partial charge in [-0.05, 0) is 28.8 Å². The lowest BCUT2D eigenvalue weighted by Crippen LogP contribution is -2.23. The van der Waals surface area contributed by atoms with Gasteiger partial charge in [0.1, 0.15) is 11.0 Å². The van der Waals surface area contributed by atoms with Gasteiger partial charge in [0.2, 0.25) is 0 Å². The summed E-state index contributed by atoms with van der Waals surface area (Å²) < 4.78 is 5.71. The van der Waals surface area contributed by atoms with E-state index >= 15 is 0 Å². The average molecular weight is 304 g/mol. The number of hydrogen-bond donors (Lipinski definition) is 1. The maximum atomic E-state index is 11.1. The quantitative estimate of drug-likeness (QED) is 0.784. The smallest absolute Gasteiger partial charge is 0.316 e. The Hall–Kier alpha value is -1.68. The molecule has 0 spiro atoms. The molecule has 112 valence electrons. The van der Waals surface area contributed by atoms with Gasteiger partial charge in [0.25, 0.3) is 0 Å². The molecule has 0 aliphatic heterocycles. The number of aliphatic carboxylic acids is 1. The van der Waals surface area contributed by atoms with Crippen molar-refractivity contribution in [3.05, 3.63) is 42.5 Å². The van der Waals surface area contributed by atoms with Crippen LogP contribution in [0.25, 0.3) is 10.8 Å². The molecule has 0 saturated heterocycles. The molecule has 0 heterocycles. The van der Waals surface area contributed by atoms with Gasteiger partial charge in [-0.25, -0.2) is 0 Å². The lowest BCUT2D eigenvalue weighted by atomic mass is 10.1. The highest BCUT2D eigenvalue weighted by molar-refractivity contribution is 8.00. The molecule has 1 unspecified atom stereocenters. The maximum absolute atomic E-state index is 11.1. The third-order valence-electron chi connectivity index (χ3n) is 3.22. The molecule has 0 bridgehead atoms. The van der Waals surface area contributed by atoms with Crippen molar-refractivity contribution < 1.29 is 14.6 Å². The molecular weight excluding hydrogens is 284 g/mol. The molecule has 0 fully saturated rings. The summed E-state index contributed by atoms with van der Waals surface area (Å²) in [4.78, 5) is 11.1. The molecule has 0 aliphatic rings. The van der Waals surface area contributed by atoms with E-state index in [1.54, 1.807) is 0 Å². The fraction of sp³-hybridized carbons (Fsp3) is 0.353. The molecule has 1 N–H and O–H groups in total. The first-order chi connectivity index (χ1) is 10.1. The molecule has 0 aromatic heterocycles. The normalized spacial score (nSPS) is 12.5. The lowest BCUT2D eigenvalue weighted by molar-refractivity contribution is -0.137. The molecule has 0 amide bonds. The van der Waals surface area contributed by atoms with E-state index in [4.69, 9.17) is 9.84 Å². The molecule has 1 atom stereocenters. The zero-order valence-electron chi connectivity index (χ0n) is 12.3. The van der Waals surface area contributed by atoms with Crippen LogP contribution in [0.2, 0.25) is 0 Å². The molecule has 21 heavy (non-hydrogen) atoms. The van der Waals surface area contributed by atoms with Gasteiger partial charge in [-0.1, -0.05) is 44.2 Å². The minimum Gasteiger partial charge on any atom is -0.493 e. The van der Waals surface area contributed by atoms with Crippen molar-refractivity contribution in [3.8, 4) is 5.75 Å². The SMILES string of the molecule is CC(C)C(SCCOc1ccc2ccccc2c1)C(=O)O. The highest BCUT2D eigenvalue weighted by Crippen LogP contribution is 2.22. The standard InChI is InChI=1S/C17H20O3S/c1-12(2)16(17(18)19)21-10-9-20-15-8-7-13-5-3-4-6-14(13)11-15/h3-8,11-12,16H,9-10H2,1-2H3,(H,18,19). The molecule has 0 saturated carbocycles. The minimum atomic E-state index is -0.749. The van der Waals surface area contributed by atoms with Crippen molar-refractivity contribution >= 4 is 28.5 Å². The van der Waals surface area contributed by atoms with E-state index in [0.717, 1.165) is 11.1 Å². The largest absolute Gasteiger partial charge is 0.493 e. The Balaban J connectivity index is 1.86. The predicted molar refractivity (Wildman–Crippen MR) is 88.2 cm³/mol. The summed E-state index contributed by atoms with van der Waals surface area (Å²) in [5.74, 6) is 0.863. The Morgan fingerprint density at radius 2 is 1.90 bits per heavy atom. The molecule has 3 nitrogen and oxygen atoms in total. The zero-order chi connectivity index (χ0) is 15.2. The fourth-order valence-electron chi connectivity index (χ4n) is 2.14. The van der Waals surface area contributed by atoms with Crippen LogP contribution in [0, 0.1) is 5.92 Å². The van der Waals surface area contributed by atoms with Crippen molar-refractivity contribution in [3.63, 3.8) is 0 Å². The number of carboxylic acids is 1. The first kappa shape index (κ1) is 15.7. The van der Waals surface area contributed by atoms with Gasteiger partial charge >= 0.3 is 5.97 Å². The van der Waals surface area contributed by atoms with E-state index in [1.807, 2.05) is 44.2 Å². The van der Waals surface area contributed by atoms with Crippen LogP contribution < -0.4 is 4.74 Å². The molecule has 4 heteroatoms. The first-order valence-electron chi connectivity index (χ1n) is 7.04. The van der Waals surface area contributed by atoms with Crippen LogP contribution >= 0.6 is 11.8 Å². The van der Waals surface area contributed by atoms with E-state index < -0.39 is 5.97 Å². The van der Waals surface area contributed by atoms with Gasteiger partial charge < -0.3 is 9.84 Å². The van der Waals surface area contributed by atoms with Gasteiger partial charge in [-0.2, -0.15) is 0 Å². The Labute approximate surface area is 129 Å². The van der Waals surface area contributed by atoms with Crippen molar-refractivity contribution in [2.45, 2.75) is 19.1 Å². The van der Waals surface area contributed by atoms with Crippen molar-refractivity contribution in [2.75, 3.05) is 12.4 Å². The second-order valence-corrected chi connectivity index (χ2v) is 6.48. The Bertz CT molecular complexity index is 610. The summed E-state index contributed by atoms with van der Waals surface area (Å²) in [6.07, 6.45) is 0. The van der Waals surface area contributed by atoms with Gasteiger partial charge in [0.15, 0.2) is 0 Å². The summed E-state index contributed by atoms with van der Waals surface area (Å²) >= 11 is 1.44. The van der Waals surface area contributed by atoms with Crippen LogP contribution in [0.1, 0.15) is 13.8 Å². The fourth-order valence-corrected chi connectivity index (χ4v) is 3.10. The van der Waals surface area contributed by atoms with E-state index in [0.29, 0.717) is 12.4 Å². The van der Waals surface area contributed by atoms with Gasteiger partial charge in [-0.3, -0.25) is 4.79 Å². The van der Waals surface area contributed by atoms with Crippen molar-refractivity contribution in [1.29, 1.82) is 0 Å². The van der Waals surface area contributed by atoms with E-state index in [9.17, 15) is 4.79 Å². The number of rotatable bonds is 7. The van der Waals surface area contributed by atoms with Gasteiger partial charge in [0, 0.05) is 5.75 Å². The third-order valence-corrected chi connectivity index (χ3v) is 4.73. The second-order valence-electron chi connectivity index (χ2n) is 5.23. The van der Waals surface area contributed by atoms with Crippen LogP contribution in [-0.4, -0.2) is 28.7 Å². The van der Waals surface area contributed by atoms with Crippen LogP contribution in [0.3, 0.4) is 0 Å². The molecule has 0 aliphatic carbocycles. The van der Waals surface area contributed by atoms with Crippen LogP contribution in [0.5, 0.6) is 5.75 Å². The summed E-state index contributed by atoms with van der Waals surface area (Å²) in [7, 11) is 0. The van der Waals surface area contributed by atoms with Crippen molar-refractivity contribution in [2.24, 2.45) is 5.92 Å². The van der Waals surface area contributed by atoms with Crippen LogP contribution in [-0.2, 0) is 4.79 Å². The maximum Gasteiger partial charge on any atom is 0.316 e. The Kier molecular flexibility index (Phi) is 5.51. The second kappa shape index (κ2) is 7.36. The number of carbonyl (C=O) groups is 1. The highest BCUT2D eigenvalue weighted by Gasteiger charge is 2.21. The van der Waals surface area contributed by atoms with E-state index in [-0.39, 0.29) is 11.2 Å². The molecule has 2 rings (SSSR count). The van der Waals surface area contributed by atoms with Crippen LogP contribution in [0.15, 0.2) is 42.5 Å². The number of fused-ring (bicyclic) bond motifs is 1. The highest BCUT2D eigenvalue weighted by atomic mass is 32.2. The first-order valence-corrected chi connectivity index (χ1v) is 8.09.